The number of rotatable bonds is 10. The highest BCUT2D eigenvalue weighted by Gasteiger charge is 2.40. The highest BCUT2D eigenvalue weighted by Crippen LogP contribution is 2.34. The molecule has 0 aromatic heterocycles. The topological polar surface area (TPSA) is 96.5 Å². The number of nitrogens with zero attached hydrogens (tertiary/aromatic N) is 3. The summed E-state index contributed by atoms with van der Waals surface area (Å²) in [4.78, 5) is 54.3. The minimum absolute atomic E-state index is 0.0580. The molecule has 0 bridgehead atoms. The second-order valence-electron chi connectivity index (χ2n) is 10.1. The molecule has 3 aliphatic rings. The van der Waals surface area contributed by atoms with Crippen LogP contribution >= 0.6 is 0 Å². The molecule has 2 aromatic carbocycles. The lowest BCUT2D eigenvalue weighted by molar-refractivity contribution is -0.133. The Morgan fingerprint density at radius 3 is 2.53 bits per heavy atom. The molecule has 0 N–H and O–H groups in total. The van der Waals surface area contributed by atoms with Crippen LogP contribution in [0.3, 0.4) is 0 Å². The third-order valence-corrected chi connectivity index (χ3v) is 7.53. The molecule has 2 aromatic rings. The Bertz CT molecular complexity index is 1190. The molecule has 38 heavy (non-hydrogen) atoms. The molecule has 1 aliphatic carbocycles. The number of ether oxygens (including phenoxy) is 2. The minimum atomic E-state index is -0.548. The molecular formula is C29H33N3O6. The van der Waals surface area contributed by atoms with Gasteiger partial charge >= 0.3 is 0 Å². The summed E-state index contributed by atoms with van der Waals surface area (Å²) >= 11 is 0. The fourth-order valence-electron chi connectivity index (χ4n) is 5.30. The lowest BCUT2D eigenvalue weighted by Crippen LogP contribution is -2.44. The molecule has 1 saturated heterocycles. The van der Waals surface area contributed by atoms with E-state index in [2.05, 4.69) is 4.90 Å². The van der Waals surface area contributed by atoms with Crippen molar-refractivity contribution in [1.82, 2.24) is 14.7 Å². The quantitative estimate of drug-likeness (QED) is 0.351. The van der Waals surface area contributed by atoms with Gasteiger partial charge in [-0.25, -0.2) is 0 Å². The molecule has 5 rings (SSSR count). The average Bonchev–Trinajstić information content (AvgIpc) is 3.27. The fraction of sp³-hybridized carbons (Fsp3) is 0.448. The summed E-state index contributed by atoms with van der Waals surface area (Å²) < 4.78 is 11.5. The number of carbonyl (C=O) groups is 4. The molecule has 200 valence electrons. The lowest BCUT2D eigenvalue weighted by atomic mass is 9.92. The Morgan fingerprint density at radius 2 is 1.79 bits per heavy atom. The number of hydrogen-bond donors (Lipinski definition) is 0. The van der Waals surface area contributed by atoms with E-state index < -0.39 is 6.04 Å². The maximum atomic E-state index is 13.0. The number of Topliss-reactive ketones (excluding diaryl/α,β-unsaturated/α-hetero) is 2. The summed E-state index contributed by atoms with van der Waals surface area (Å²) in [7, 11) is 0. The van der Waals surface area contributed by atoms with Gasteiger partial charge in [0.1, 0.15) is 18.1 Å². The summed E-state index contributed by atoms with van der Waals surface area (Å²) in [6.45, 7) is 5.98. The summed E-state index contributed by atoms with van der Waals surface area (Å²) in [5, 5.41) is 0. The zero-order chi connectivity index (χ0) is 26.5. The average molecular weight is 520 g/mol. The number of ketones is 2. The van der Waals surface area contributed by atoms with Crippen molar-refractivity contribution in [2.24, 2.45) is 0 Å². The van der Waals surface area contributed by atoms with Crippen molar-refractivity contribution >= 4 is 23.9 Å². The van der Waals surface area contributed by atoms with Gasteiger partial charge in [-0.05, 0) is 29.7 Å². The zero-order valence-corrected chi connectivity index (χ0v) is 21.5. The van der Waals surface area contributed by atoms with Gasteiger partial charge in [0.25, 0.3) is 5.91 Å². The maximum absolute atomic E-state index is 13.0. The van der Waals surface area contributed by atoms with Crippen LogP contribution in [0.25, 0.3) is 0 Å². The highest BCUT2D eigenvalue weighted by atomic mass is 16.5. The van der Waals surface area contributed by atoms with Crippen molar-refractivity contribution in [2.45, 2.75) is 45.0 Å². The second kappa shape index (κ2) is 11.9. The van der Waals surface area contributed by atoms with Crippen molar-refractivity contribution in [3.63, 3.8) is 0 Å². The molecule has 0 spiro atoms. The molecule has 2 fully saturated rings. The van der Waals surface area contributed by atoms with Crippen molar-refractivity contribution in [3.8, 4) is 5.75 Å². The Hall–Kier alpha value is -3.56. The van der Waals surface area contributed by atoms with Crippen molar-refractivity contribution in [2.75, 3.05) is 39.4 Å². The lowest BCUT2D eigenvalue weighted by Gasteiger charge is -2.29. The summed E-state index contributed by atoms with van der Waals surface area (Å²) in [6.07, 6.45) is 1.52. The number of morpholine rings is 1. The highest BCUT2D eigenvalue weighted by molar-refractivity contribution is 6.07. The molecule has 2 amide bonds. The molecule has 2 heterocycles. The van der Waals surface area contributed by atoms with E-state index in [-0.39, 0.29) is 23.9 Å². The molecule has 2 aliphatic heterocycles. The van der Waals surface area contributed by atoms with Crippen LogP contribution in [-0.4, -0.2) is 84.0 Å². The van der Waals surface area contributed by atoms with E-state index in [0.717, 1.165) is 55.9 Å². The molecule has 1 unspecified atom stereocenters. The van der Waals surface area contributed by atoms with Crippen molar-refractivity contribution in [1.29, 1.82) is 0 Å². The molecule has 1 atom stereocenters. The minimum Gasteiger partial charge on any atom is -0.489 e. The molecule has 1 saturated carbocycles. The number of hydrogen-bond acceptors (Lipinski definition) is 7. The normalized spacial score (nSPS) is 19.9. The monoisotopic (exact) mass is 519 g/mol. The van der Waals surface area contributed by atoms with E-state index in [4.69, 9.17) is 9.47 Å². The molecule has 9 nitrogen and oxygen atoms in total. The smallest absolute Gasteiger partial charge is 0.255 e. The Kier molecular flexibility index (Phi) is 8.14. The van der Waals surface area contributed by atoms with Crippen molar-refractivity contribution < 1.29 is 28.7 Å². The van der Waals surface area contributed by atoms with E-state index in [1.54, 1.807) is 21.9 Å². The molecular weight excluding hydrogens is 486 g/mol. The van der Waals surface area contributed by atoms with Gasteiger partial charge in [-0.3, -0.25) is 24.1 Å². The Labute approximate surface area is 222 Å². The van der Waals surface area contributed by atoms with Gasteiger partial charge in [-0.15, -0.1) is 0 Å². The largest absolute Gasteiger partial charge is 0.489 e. The van der Waals surface area contributed by atoms with Crippen LogP contribution in [0.4, 0.5) is 0 Å². The standard InChI is InChI=1S/C29H33N3O6/c33-20-31(11-10-30-12-14-37-15-13-30)17-21-4-6-22(7-5-21)19-38-28-3-1-2-24-25(28)18-32(29(24)36)26-9-8-23(34)16-27(26)35/h1-7,20,26H,8-19H2. The third-order valence-electron chi connectivity index (χ3n) is 7.53. The first-order valence-corrected chi connectivity index (χ1v) is 13.2. The van der Waals surface area contributed by atoms with Crippen molar-refractivity contribution in [3.05, 3.63) is 64.7 Å². The second-order valence-corrected chi connectivity index (χ2v) is 10.1. The third kappa shape index (κ3) is 5.95. The number of fused-ring (bicyclic) bond motifs is 1. The van der Waals surface area contributed by atoms with Gasteiger partial charge in [0, 0.05) is 50.3 Å². The van der Waals surface area contributed by atoms with E-state index in [9.17, 15) is 19.2 Å². The first-order chi connectivity index (χ1) is 18.5. The first kappa shape index (κ1) is 26.1. The fourth-order valence-corrected chi connectivity index (χ4v) is 5.30. The van der Waals surface area contributed by atoms with E-state index in [1.165, 1.54) is 0 Å². The van der Waals surface area contributed by atoms with Crippen LogP contribution in [0.5, 0.6) is 5.75 Å². The summed E-state index contributed by atoms with van der Waals surface area (Å²) in [5.41, 5.74) is 3.34. The van der Waals surface area contributed by atoms with Crippen LogP contribution in [0.15, 0.2) is 42.5 Å². The van der Waals surface area contributed by atoms with Crippen LogP contribution in [0.1, 0.15) is 46.3 Å². The molecule has 0 radical (unpaired) electrons. The first-order valence-electron chi connectivity index (χ1n) is 13.2. The van der Waals surface area contributed by atoms with Gasteiger partial charge in [-0.2, -0.15) is 0 Å². The number of carbonyl (C=O) groups excluding carboxylic acids is 4. The van der Waals surface area contributed by atoms with Crippen LogP contribution in [0, 0.1) is 0 Å². The number of amides is 2. The van der Waals surface area contributed by atoms with Gasteiger partial charge in [-0.1, -0.05) is 30.3 Å². The number of benzene rings is 2. The van der Waals surface area contributed by atoms with Crippen LogP contribution in [-0.2, 0) is 38.8 Å². The molecule has 9 heteroatoms. The Morgan fingerprint density at radius 1 is 1.03 bits per heavy atom. The maximum Gasteiger partial charge on any atom is 0.255 e. The van der Waals surface area contributed by atoms with Gasteiger partial charge in [0.15, 0.2) is 5.78 Å². The van der Waals surface area contributed by atoms with E-state index in [1.807, 2.05) is 30.3 Å². The SMILES string of the molecule is O=CN(CCN1CCOCC1)Cc1ccc(COc2cccc3c2CN(C2CCC(=O)CC2=O)C3=O)cc1. The summed E-state index contributed by atoms with van der Waals surface area (Å²) in [5.74, 6) is 0.198. The van der Waals surface area contributed by atoms with Gasteiger partial charge in [0.2, 0.25) is 6.41 Å². The van der Waals surface area contributed by atoms with Gasteiger partial charge in [0.05, 0.1) is 32.2 Å². The van der Waals surface area contributed by atoms with Gasteiger partial charge < -0.3 is 19.3 Å². The summed E-state index contributed by atoms with van der Waals surface area (Å²) in [6, 6.07) is 12.8. The predicted octanol–water partition coefficient (Wildman–Crippen LogP) is 2.20. The van der Waals surface area contributed by atoms with Crippen LogP contribution < -0.4 is 4.74 Å². The van der Waals surface area contributed by atoms with E-state index >= 15 is 0 Å². The van der Waals surface area contributed by atoms with E-state index in [0.29, 0.717) is 50.4 Å². The van der Waals surface area contributed by atoms with Crippen LogP contribution in [0.2, 0.25) is 0 Å². The predicted molar refractivity (Wildman–Crippen MR) is 138 cm³/mol. The Balaban J connectivity index is 1.16. The zero-order valence-electron chi connectivity index (χ0n) is 21.5.